The van der Waals surface area contributed by atoms with Crippen molar-refractivity contribution < 1.29 is 31.5 Å². The zero-order valence-corrected chi connectivity index (χ0v) is 20.6. The fraction of sp³-hybridized carbons (Fsp3) is 0.200. The molecule has 1 aliphatic rings. The van der Waals surface area contributed by atoms with E-state index in [1.807, 2.05) is 0 Å². The molecule has 0 aliphatic heterocycles. The summed E-state index contributed by atoms with van der Waals surface area (Å²) < 4.78 is 60.0. The van der Waals surface area contributed by atoms with Gasteiger partial charge in [-0.2, -0.15) is 0 Å². The number of hydrogen-bond donors (Lipinski definition) is 2. The Hall–Kier alpha value is -3.34. The lowest BCUT2D eigenvalue weighted by Crippen LogP contribution is -2.26. The summed E-state index contributed by atoms with van der Waals surface area (Å²) in [5.41, 5.74) is 0.592. The Morgan fingerprint density at radius 2 is 1.72 bits per heavy atom. The first-order valence-electron chi connectivity index (χ1n) is 10.9. The summed E-state index contributed by atoms with van der Waals surface area (Å²) in [4.78, 5) is 25.5. The fourth-order valence-corrected chi connectivity index (χ4v) is 4.97. The van der Waals surface area contributed by atoms with E-state index in [9.17, 15) is 26.8 Å². The molecule has 1 amide bonds. The Bertz CT molecular complexity index is 1440. The minimum absolute atomic E-state index is 0.00599. The molecule has 0 unspecified atom stereocenters. The number of amides is 1. The number of ether oxygens (including phenoxy) is 1. The third-order valence-corrected chi connectivity index (χ3v) is 7.10. The quantitative estimate of drug-likeness (QED) is 0.390. The maximum Gasteiger partial charge on any atom is 0.262 e. The van der Waals surface area contributed by atoms with Crippen molar-refractivity contribution in [2.75, 3.05) is 11.9 Å². The molecule has 4 rings (SSSR count). The summed E-state index contributed by atoms with van der Waals surface area (Å²) in [6.45, 7) is 1.16. The highest BCUT2D eigenvalue weighted by Gasteiger charge is 2.28. The normalized spacial score (nSPS) is 13.3. The minimum atomic E-state index is -3.63. The zero-order valence-electron chi connectivity index (χ0n) is 19.0. The molecule has 1 saturated carbocycles. The van der Waals surface area contributed by atoms with Gasteiger partial charge in [0.15, 0.2) is 12.4 Å². The second kappa shape index (κ2) is 10.3. The number of aryl methyl sites for hydroxylation is 1. The molecule has 0 bridgehead atoms. The number of halogens is 3. The third kappa shape index (κ3) is 6.26. The molecule has 0 aromatic heterocycles. The average Bonchev–Trinajstić information content (AvgIpc) is 3.61. The van der Waals surface area contributed by atoms with Gasteiger partial charge in [-0.15, -0.1) is 0 Å². The molecular formula is C25H21ClF2N2O5S. The first kappa shape index (κ1) is 25.7. The molecule has 1 aliphatic carbocycles. The van der Waals surface area contributed by atoms with E-state index in [1.54, 1.807) is 6.92 Å². The number of carbonyl (C=O) groups excluding carboxylic acids is 2. The lowest BCUT2D eigenvalue weighted by atomic mass is 10.0. The van der Waals surface area contributed by atoms with Crippen LogP contribution in [0.1, 0.15) is 34.3 Å². The van der Waals surface area contributed by atoms with Crippen molar-refractivity contribution in [2.45, 2.75) is 30.7 Å². The van der Waals surface area contributed by atoms with E-state index in [0.29, 0.717) is 17.3 Å². The first-order valence-corrected chi connectivity index (χ1v) is 12.7. The van der Waals surface area contributed by atoms with Crippen LogP contribution in [0.25, 0.3) is 0 Å². The topological polar surface area (TPSA) is 102 Å². The van der Waals surface area contributed by atoms with Crippen LogP contribution in [0.3, 0.4) is 0 Å². The summed E-state index contributed by atoms with van der Waals surface area (Å²) in [6, 6.07) is 10.8. The summed E-state index contributed by atoms with van der Waals surface area (Å²) in [7, 11) is -3.63. The van der Waals surface area contributed by atoms with Gasteiger partial charge in [-0.1, -0.05) is 11.6 Å². The smallest absolute Gasteiger partial charge is 0.262 e. The van der Waals surface area contributed by atoms with E-state index in [4.69, 9.17) is 16.3 Å². The van der Waals surface area contributed by atoms with Crippen LogP contribution in [0.4, 0.5) is 14.5 Å². The second-order valence-corrected chi connectivity index (χ2v) is 10.5. The number of benzene rings is 3. The monoisotopic (exact) mass is 534 g/mol. The third-order valence-electron chi connectivity index (χ3n) is 5.35. The highest BCUT2D eigenvalue weighted by molar-refractivity contribution is 7.89. The van der Waals surface area contributed by atoms with Gasteiger partial charge in [0.2, 0.25) is 10.0 Å². The number of sulfonamides is 1. The number of rotatable bonds is 9. The number of anilines is 1. The number of carbonyl (C=O) groups is 2. The Labute approximate surface area is 211 Å². The first-order chi connectivity index (χ1) is 17.0. The van der Waals surface area contributed by atoms with Crippen molar-refractivity contribution in [1.29, 1.82) is 0 Å². The van der Waals surface area contributed by atoms with Crippen LogP contribution < -0.4 is 14.8 Å². The van der Waals surface area contributed by atoms with E-state index < -0.39 is 40.0 Å². The number of ketones is 1. The number of hydrogen-bond acceptors (Lipinski definition) is 5. The van der Waals surface area contributed by atoms with Crippen molar-refractivity contribution in [3.05, 3.63) is 87.9 Å². The van der Waals surface area contributed by atoms with Gasteiger partial charge in [-0.05, 0) is 73.9 Å². The van der Waals surface area contributed by atoms with E-state index in [0.717, 1.165) is 25.0 Å². The Balaban J connectivity index is 1.45. The van der Waals surface area contributed by atoms with Crippen molar-refractivity contribution in [3.63, 3.8) is 0 Å². The molecule has 3 aromatic rings. The summed E-state index contributed by atoms with van der Waals surface area (Å²) in [5, 5.41) is 2.82. The number of nitrogens with one attached hydrogen (secondary N) is 2. The van der Waals surface area contributed by atoms with E-state index in [2.05, 4.69) is 10.0 Å². The second-order valence-electron chi connectivity index (χ2n) is 8.34. The molecule has 0 heterocycles. The van der Waals surface area contributed by atoms with Gasteiger partial charge >= 0.3 is 0 Å². The van der Waals surface area contributed by atoms with Gasteiger partial charge in [-0.3, -0.25) is 9.59 Å². The van der Waals surface area contributed by atoms with E-state index >= 15 is 0 Å². The molecule has 0 radical (unpaired) electrons. The minimum Gasteiger partial charge on any atom is -0.483 e. The molecule has 0 saturated heterocycles. The van der Waals surface area contributed by atoms with Crippen LogP contribution in [0, 0.1) is 18.6 Å². The SMILES string of the molecule is Cc1cc(S(=O)(=O)NC2CC2)ccc1NC(=O)COc1ccc(Cl)cc1C(=O)c1cc(F)cc(F)c1. The summed E-state index contributed by atoms with van der Waals surface area (Å²) >= 11 is 5.99. The standard InChI is InChI=1S/C25H21ClF2N2O5S/c1-14-8-20(36(33,34)30-19-3-4-19)5-6-22(14)29-24(31)13-35-23-7-2-16(26)11-21(23)25(32)15-9-17(27)12-18(28)10-15/h2,5-12,19,30H,3-4,13H2,1H3,(H,29,31). The molecule has 0 atom stereocenters. The van der Waals surface area contributed by atoms with Crippen LogP contribution in [0.2, 0.25) is 5.02 Å². The van der Waals surface area contributed by atoms with Crippen LogP contribution >= 0.6 is 11.6 Å². The Kier molecular flexibility index (Phi) is 7.39. The van der Waals surface area contributed by atoms with E-state index in [-0.39, 0.29) is 32.8 Å². The predicted octanol–water partition coefficient (Wildman–Crippen LogP) is 4.62. The molecule has 0 spiro atoms. The van der Waals surface area contributed by atoms with Gasteiger partial charge in [0.25, 0.3) is 5.91 Å². The van der Waals surface area contributed by atoms with Crippen LogP contribution in [0.5, 0.6) is 5.75 Å². The lowest BCUT2D eigenvalue weighted by Gasteiger charge is -2.13. The molecule has 36 heavy (non-hydrogen) atoms. The summed E-state index contributed by atoms with van der Waals surface area (Å²) in [6.07, 6.45) is 1.62. The van der Waals surface area contributed by atoms with E-state index in [1.165, 1.54) is 36.4 Å². The Morgan fingerprint density at radius 3 is 2.36 bits per heavy atom. The zero-order chi connectivity index (χ0) is 26.0. The van der Waals surface area contributed by atoms with Gasteiger partial charge in [0.1, 0.15) is 17.4 Å². The lowest BCUT2D eigenvalue weighted by molar-refractivity contribution is -0.118. The average molecular weight is 535 g/mol. The van der Waals surface area contributed by atoms with Crippen LogP contribution in [-0.2, 0) is 14.8 Å². The highest BCUT2D eigenvalue weighted by atomic mass is 35.5. The summed E-state index contributed by atoms with van der Waals surface area (Å²) in [5.74, 6) is -3.15. The van der Waals surface area contributed by atoms with Gasteiger partial charge in [0.05, 0.1) is 10.5 Å². The molecule has 1 fully saturated rings. The van der Waals surface area contributed by atoms with Crippen molar-refractivity contribution in [2.24, 2.45) is 0 Å². The molecule has 188 valence electrons. The van der Waals surface area contributed by atoms with Gasteiger partial charge < -0.3 is 10.1 Å². The molecule has 2 N–H and O–H groups in total. The van der Waals surface area contributed by atoms with Crippen LogP contribution in [-0.4, -0.2) is 32.8 Å². The van der Waals surface area contributed by atoms with Gasteiger partial charge in [0, 0.05) is 28.4 Å². The molecular weight excluding hydrogens is 514 g/mol. The fourth-order valence-electron chi connectivity index (χ4n) is 3.41. The Morgan fingerprint density at radius 1 is 1.03 bits per heavy atom. The van der Waals surface area contributed by atoms with Crippen molar-refractivity contribution >= 4 is 39.0 Å². The van der Waals surface area contributed by atoms with Crippen LogP contribution in [0.15, 0.2) is 59.5 Å². The maximum atomic E-state index is 13.6. The van der Waals surface area contributed by atoms with Crippen molar-refractivity contribution in [1.82, 2.24) is 4.72 Å². The molecule has 3 aromatic carbocycles. The largest absolute Gasteiger partial charge is 0.483 e. The predicted molar refractivity (Wildman–Crippen MR) is 130 cm³/mol. The maximum absolute atomic E-state index is 13.6. The molecule has 7 nitrogen and oxygen atoms in total. The van der Waals surface area contributed by atoms with Gasteiger partial charge in [-0.25, -0.2) is 21.9 Å². The highest BCUT2D eigenvalue weighted by Crippen LogP contribution is 2.27. The molecule has 11 heteroatoms. The van der Waals surface area contributed by atoms with Crippen molar-refractivity contribution in [3.8, 4) is 5.75 Å².